The third-order valence-electron chi connectivity index (χ3n) is 2.44. The first-order chi connectivity index (χ1) is 7.31. The van der Waals surface area contributed by atoms with Gasteiger partial charge in [0.2, 0.25) is 0 Å². The Morgan fingerprint density at radius 3 is 1.24 bits per heavy atom. The summed E-state index contributed by atoms with van der Waals surface area (Å²) in [6.45, 7) is 0. The number of rotatable bonds is 7. The van der Waals surface area contributed by atoms with E-state index in [0.717, 1.165) is 0 Å². The van der Waals surface area contributed by atoms with Crippen LogP contribution < -0.4 is 0 Å². The van der Waals surface area contributed by atoms with E-state index < -0.39 is 31.9 Å². The Bertz CT molecular complexity index is 164. The molecule has 0 N–H and O–H groups in total. The third-order valence-corrected chi connectivity index (χ3v) is 2.44. The van der Waals surface area contributed by atoms with Gasteiger partial charge >= 0.3 is 0 Å². The summed E-state index contributed by atoms with van der Waals surface area (Å²) < 4.78 is 0. The molecule has 17 heteroatoms. The second-order valence-corrected chi connectivity index (χ2v) is 3.85. The van der Waals surface area contributed by atoms with Crippen molar-refractivity contribution in [2.24, 2.45) is 0 Å². The van der Waals surface area contributed by atoms with Crippen LogP contribution in [-0.4, -0.2) is 114 Å². The fourth-order valence-corrected chi connectivity index (χ4v) is 1.41. The van der Waals surface area contributed by atoms with Crippen LogP contribution in [0.1, 0.15) is 0 Å². The summed E-state index contributed by atoms with van der Waals surface area (Å²) in [5.74, 6) is 0. The van der Waals surface area contributed by atoms with Crippen molar-refractivity contribution in [1.29, 1.82) is 0 Å². The summed E-state index contributed by atoms with van der Waals surface area (Å²) in [6, 6.07) is 0. The average Bonchev–Trinajstić information content (AvgIpc) is 2.15. The van der Waals surface area contributed by atoms with E-state index >= 15 is 0 Å². The maximum atomic E-state index is 5.73. The van der Waals surface area contributed by atoms with Crippen LogP contribution in [0.25, 0.3) is 0 Å². The molecular formula is B16V. The van der Waals surface area contributed by atoms with Gasteiger partial charge in [-0.1, -0.05) is 0 Å². The monoisotopic (exact) mass is 227 g/mol. The molecule has 0 aromatic rings. The van der Waals surface area contributed by atoms with Gasteiger partial charge in [0, 0.05) is 133 Å². The molecular weight excluding hydrogens is 224 g/mol. The van der Waals surface area contributed by atoms with E-state index in [-0.39, 0.29) is 24.9 Å². The van der Waals surface area contributed by atoms with Gasteiger partial charge in [-0.25, -0.2) is 0 Å². The van der Waals surface area contributed by atoms with Gasteiger partial charge in [0.05, 0.1) is 0 Å². The fraction of sp³-hybridized carbons (Fsp3) is 0. The van der Waals surface area contributed by atoms with Crippen LogP contribution in [0.3, 0.4) is 0 Å². The van der Waals surface area contributed by atoms with Gasteiger partial charge in [-0.15, -0.1) is 0 Å². The van der Waals surface area contributed by atoms with Crippen molar-refractivity contribution in [2.75, 3.05) is 0 Å². The van der Waals surface area contributed by atoms with Crippen LogP contribution in [-0.2, 0) is 18.6 Å². The molecule has 0 saturated heterocycles. The smallest absolute Gasteiger partial charge is 0 e. The van der Waals surface area contributed by atoms with E-state index in [0.29, 0.717) is 0 Å². The molecule has 0 aromatic heterocycles. The molecule has 0 atom stereocenters. The van der Waals surface area contributed by atoms with Crippen LogP contribution in [0.4, 0.5) is 0 Å². The fourth-order valence-electron chi connectivity index (χ4n) is 1.41. The topological polar surface area (TPSA) is 0 Å². The van der Waals surface area contributed by atoms with Gasteiger partial charge in [0.25, 0.3) is 0 Å². The molecule has 0 bridgehead atoms. The molecule has 0 aliphatic rings. The van der Waals surface area contributed by atoms with Gasteiger partial charge in [-0.2, -0.15) is 0 Å². The molecule has 0 saturated carbocycles. The molecule has 0 rings (SSSR count). The van der Waals surface area contributed by atoms with Gasteiger partial charge in [-0.3, -0.25) is 0 Å². The van der Waals surface area contributed by atoms with Crippen LogP contribution in [0.5, 0.6) is 0 Å². The molecule has 19 radical (unpaired) electrons. The van der Waals surface area contributed by atoms with E-state index in [2.05, 4.69) is 0 Å². The average molecular weight is 224 g/mol. The minimum Gasteiger partial charge on any atom is 0 e. The van der Waals surface area contributed by atoms with E-state index in [1.165, 1.54) is 7.06 Å². The Morgan fingerprint density at radius 2 is 1.00 bits per heavy atom. The zero-order valence-corrected chi connectivity index (χ0v) is 11.1. The van der Waals surface area contributed by atoms with Crippen molar-refractivity contribution < 1.29 is 18.6 Å². The van der Waals surface area contributed by atoms with E-state index in [1.54, 1.807) is 7.06 Å². The van der Waals surface area contributed by atoms with Gasteiger partial charge in [0.15, 0.2) is 0 Å². The summed E-state index contributed by atoms with van der Waals surface area (Å²) >= 11 is 0. The van der Waals surface area contributed by atoms with E-state index in [4.69, 9.17) is 61.9 Å². The van der Waals surface area contributed by atoms with Crippen LogP contribution in [0, 0.1) is 0 Å². The molecule has 0 unspecified atom stereocenters. The van der Waals surface area contributed by atoms with Gasteiger partial charge < -0.3 is 0 Å². The van der Waals surface area contributed by atoms with Crippen molar-refractivity contribution in [3.63, 3.8) is 0 Å². The molecule has 0 aliphatic carbocycles. The Labute approximate surface area is 132 Å². The maximum Gasteiger partial charge on any atom is 0 e. The maximum absolute atomic E-state index is 5.73. The standard InChI is InChI=1S/B16.V/c1-9-14(8)16(13(6)7)10-15(11(2)3)12(4)5;. The normalized spacial score (nSPS) is 8.24. The summed E-state index contributed by atoms with van der Waals surface area (Å²) in [6.07, 6.45) is -3.42. The second kappa shape index (κ2) is 10.4. The predicted octanol–water partition coefficient (Wildman–Crippen LogP) is -6.10. The Morgan fingerprint density at radius 1 is 0.647 bits per heavy atom. The van der Waals surface area contributed by atoms with Crippen molar-refractivity contribution >= 4 is 114 Å². The first kappa shape index (κ1) is 20.9. The Kier molecular flexibility index (Phi) is 12.8. The van der Waals surface area contributed by atoms with Gasteiger partial charge in [-0.05, 0) is 0 Å². The quantitative estimate of drug-likeness (QED) is 0.377. The molecule has 0 aromatic carbocycles. The summed E-state index contributed by atoms with van der Waals surface area (Å²) in [5.41, 5.74) is 0. The van der Waals surface area contributed by atoms with Crippen LogP contribution >= 0.6 is 0 Å². The molecule has 0 aliphatic heterocycles. The predicted molar refractivity (Wildman–Crippen MR) is 92.1 cm³/mol. The number of hydrogen-bond acceptors (Lipinski definition) is 0. The molecule has 17 heavy (non-hydrogen) atoms. The third kappa shape index (κ3) is 7.71. The first-order valence-corrected chi connectivity index (χ1v) is 5.00. The summed E-state index contributed by atoms with van der Waals surface area (Å²) in [5, 5.41) is 0. The van der Waals surface area contributed by atoms with Crippen LogP contribution in [0.15, 0.2) is 0 Å². The molecule has 0 heterocycles. The summed E-state index contributed by atoms with van der Waals surface area (Å²) in [7, 11) is 47.4. The van der Waals surface area contributed by atoms with E-state index in [1.807, 2.05) is 0 Å². The zero-order chi connectivity index (χ0) is 12.9. The van der Waals surface area contributed by atoms with Crippen molar-refractivity contribution in [2.45, 2.75) is 0 Å². The van der Waals surface area contributed by atoms with Crippen LogP contribution in [0.2, 0.25) is 0 Å². The largest absolute Gasteiger partial charge is 0 e. The SMILES string of the molecule is [B][B]B([B])B([B]B(B([B])[B])B([B])[B])B([B])[B].[V]. The minimum absolute atomic E-state index is 0. The van der Waals surface area contributed by atoms with E-state index in [9.17, 15) is 0 Å². The second-order valence-electron chi connectivity index (χ2n) is 3.85. The number of hydrogen-bond donors (Lipinski definition) is 0. The summed E-state index contributed by atoms with van der Waals surface area (Å²) in [4.78, 5) is 0. The molecule has 0 nitrogen and oxygen atoms in total. The minimum atomic E-state index is -0.703. The van der Waals surface area contributed by atoms with Crippen molar-refractivity contribution in [3.05, 3.63) is 0 Å². The Hall–Kier alpha value is 1.62. The molecule has 0 amide bonds. The molecule has 0 fully saturated rings. The molecule has 0 spiro atoms. The Balaban J connectivity index is 0. The van der Waals surface area contributed by atoms with Gasteiger partial charge in [0.1, 0.15) is 0 Å². The molecule has 53 valence electrons. The van der Waals surface area contributed by atoms with Crippen molar-refractivity contribution in [3.8, 4) is 0 Å². The first-order valence-electron chi connectivity index (χ1n) is 5.00. The zero-order valence-electron chi connectivity index (χ0n) is 9.68. The van der Waals surface area contributed by atoms with Crippen molar-refractivity contribution in [1.82, 2.24) is 0 Å².